The summed E-state index contributed by atoms with van der Waals surface area (Å²) in [4.78, 5) is 16.9. The van der Waals surface area contributed by atoms with Crippen LogP contribution in [0.1, 0.15) is 15.9 Å². The lowest BCUT2D eigenvalue weighted by molar-refractivity contribution is 0.0664. The number of piperazine rings is 1. The molecule has 0 spiro atoms. The van der Waals surface area contributed by atoms with Crippen molar-refractivity contribution < 1.29 is 19.0 Å². The van der Waals surface area contributed by atoms with Gasteiger partial charge in [-0.3, -0.25) is 4.79 Å². The first-order valence-electron chi connectivity index (χ1n) is 9.02. The Bertz CT molecular complexity index is 768. The van der Waals surface area contributed by atoms with E-state index in [9.17, 15) is 4.79 Å². The van der Waals surface area contributed by atoms with Crippen LogP contribution >= 0.6 is 0 Å². The van der Waals surface area contributed by atoms with Gasteiger partial charge in [0.05, 0.1) is 14.2 Å². The molecule has 0 atom stereocenters. The number of nitrogens with zero attached hydrogens (tertiary/aromatic N) is 2. The maximum atomic E-state index is 12.8. The quantitative estimate of drug-likeness (QED) is 0.783. The number of likely N-dealkylation sites (N-methyl/N-ethyl adjacent to an activating group) is 1. The summed E-state index contributed by atoms with van der Waals surface area (Å²) in [5, 5.41) is 0. The predicted octanol–water partition coefficient (Wildman–Crippen LogP) is 2.67. The monoisotopic (exact) mass is 370 g/mol. The van der Waals surface area contributed by atoms with Crippen LogP contribution in [0.25, 0.3) is 0 Å². The third-order valence-electron chi connectivity index (χ3n) is 4.77. The van der Waals surface area contributed by atoms with Crippen molar-refractivity contribution in [2.24, 2.45) is 0 Å². The molecule has 1 saturated heterocycles. The van der Waals surface area contributed by atoms with Crippen molar-refractivity contribution in [2.75, 3.05) is 47.4 Å². The van der Waals surface area contributed by atoms with Gasteiger partial charge in [-0.05, 0) is 49.5 Å². The number of ether oxygens (including phenoxy) is 3. The molecule has 0 radical (unpaired) electrons. The Morgan fingerprint density at radius 1 is 0.926 bits per heavy atom. The van der Waals surface area contributed by atoms with E-state index in [0.717, 1.165) is 43.2 Å². The van der Waals surface area contributed by atoms with E-state index in [1.807, 2.05) is 47.4 Å². The molecule has 6 nitrogen and oxygen atoms in total. The van der Waals surface area contributed by atoms with Crippen LogP contribution in [0, 0.1) is 0 Å². The lowest BCUT2D eigenvalue weighted by atomic mass is 10.1. The molecule has 2 aromatic carbocycles. The summed E-state index contributed by atoms with van der Waals surface area (Å²) < 4.78 is 16.4. The van der Waals surface area contributed by atoms with Crippen LogP contribution < -0.4 is 14.2 Å². The summed E-state index contributed by atoms with van der Waals surface area (Å²) in [5.74, 6) is 2.27. The first kappa shape index (κ1) is 19.0. The van der Waals surface area contributed by atoms with Crippen LogP contribution in [0.15, 0.2) is 42.5 Å². The molecule has 0 aliphatic carbocycles. The van der Waals surface area contributed by atoms with Gasteiger partial charge in [-0.25, -0.2) is 0 Å². The molecule has 1 heterocycles. The second kappa shape index (κ2) is 8.77. The fourth-order valence-electron chi connectivity index (χ4n) is 3.05. The molecule has 1 aliphatic heterocycles. The molecule has 1 amide bonds. The number of carbonyl (C=O) groups excluding carboxylic acids is 1. The van der Waals surface area contributed by atoms with Crippen molar-refractivity contribution in [2.45, 2.75) is 6.61 Å². The molecule has 2 aromatic rings. The molecule has 144 valence electrons. The number of hydrogen-bond donors (Lipinski definition) is 0. The summed E-state index contributed by atoms with van der Waals surface area (Å²) in [6.07, 6.45) is 0. The predicted molar refractivity (Wildman–Crippen MR) is 104 cm³/mol. The van der Waals surface area contributed by atoms with Crippen molar-refractivity contribution in [3.8, 4) is 17.2 Å². The van der Waals surface area contributed by atoms with Gasteiger partial charge in [0.2, 0.25) is 0 Å². The molecule has 0 unspecified atom stereocenters. The average Bonchev–Trinajstić information content (AvgIpc) is 2.72. The van der Waals surface area contributed by atoms with Crippen LogP contribution in [0.3, 0.4) is 0 Å². The third kappa shape index (κ3) is 4.71. The summed E-state index contributed by atoms with van der Waals surface area (Å²) in [5.41, 5.74) is 1.50. The number of benzene rings is 2. The average molecular weight is 370 g/mol. The van der Waals surface area contributed by atoms with Crippen LogP contribution in [-0.4, -0.2) is 63.2 Å². The van der Waals surface area contributed by atoms with Crippen LogP contribution in [0.4, 0.5) is 0 Å². The Balaban J connectivity index is 1.71. The van der Waals surface area contributed by atoms with E-state index in [0.29, 0.717) is 17.9 Å². The van der Waals surface area contributed by atoms with Gasteiger partial charge in [-0.2, -0.15) is 0 Å². The van der Waals surface area contributed by atoms with Gasteiger partial charge in [0.1, 0.15) is 23.9 Å². The van der Waals surface area contributed by atoms with Gasteiger partial charge in [-0.15, -0.1) is 0 Å². The lowest BCUT2D eigenvalue weighted by Gasteiger charge is -2.32. The van der Waals surface area contributed by atoms with Gasteiger partial charge in [0.25, 0.3) is 5.91 Å². The van der Waals surface area contributed by atoms with Crippen LogP contribution in [0.2, 0.25) is 0 Å². The van der Waals surface area contributed by atoms with E-state index in [4.69, 9.17) is 14.2 Å². The highest BCUT2D eigenvalue weighted by molar-refractivity contribution is 5.94. The van der Waals surface area contributed by atoms with E-state index in [2.05, 4.69) is 11.9 Å². The fraction of sp³-hybridized carbons (Fsp3) is 0.381. The Morgan fingerprint density at radius 3 is 2.22 bits per heavy atom. The minimum Gasteiger partial charge on any atom is -0.497 e. The first-order valence-corrected chi connectivity index (χ1v) is 9.02. The smallest absolute Gasteiger partial charge is 0.253 e. The lowest BCUT2D eigenvalue weighted by Crippen LogP contribution is -2.47. The second-order valence-electron chi connectivity index (χ2n) is 6.59. The molecule has 1 fully saturated rings. The Morgan fingerprint density at radius 2 is 1.59 bits per heavy atom. The van der Waals surface area contributed by atoms with E-state index in [1.54, 1.807) is 14.2 Å². The number of rotatable bonds is 6. The van der Waals surface area contributed by atoms with Crippen molar-refractivity contribution >= 4 is 5.91 Å². The zero-order valence-electron chi connectivity index (χ0n) is 16.1. The maximum absolute atomic E-state index is 12.8. The van der Waals surface area contributed by atoms with Gasteiger partial charge < -0.3 is 24.0 Å². The molecular formula is C21H26N2O4. The van der Waals surface area contributed by atoms with Crippen molar-refractivity contribution in [3.05, 3.63) is 53.6 Å². The third-order valence-corrected chi connectivity index (χ3v) is 4.77. The van der Waals surface area contributed by atoms with Gasteiger partial charge in [0, 0.05) is 37.3 Å². The van der Waals surface area contributed by atoms with Gasteiger partial charge in [0.15, 0.2) is 0 Å². The molecule has 0 saturated carbocycles. The number of amides is 1. The Labute approximate surface area is 160 Å². The van der Waals surface area contributed by atoms with Crippen LogP contribution in [0.5, 0.6) is 17.2 Å². The highest BCUT2D eigenvalue weighted by Gasteiger charge is 2.21. The minimum absolute atomic E-state index is 0.0523. The molecule has 0 bridgehead atoms. The summed E-state index contributed by atoms with van der Waals surface area (Å²) in [6, 6.07) is 12.9. The molecule has 6 heteroatoms. The summed E-state index contributed by atoms with van der Waals surface area (Å²) >= 11 is 0. The largest absolute Gasteiger partial charge is 0.497 e. The number of methoxy groups -OCH3 is 2. The molecule has 0 N–H and O–H groups in total. The van der Waals surface area contributed by atoms with E-state index < -0.39 is 0 Å². The molecule has 0 aromatic heterocycles. The molecule has 1 aliphatic rings. The van der Waals surface area contributed by atoms with Crippen LogP contribution in [-0.2, 0) is 6.61 Å². The normalized spacial score (nSPS) is 14.7. The van der Waals surface area contributed by atoms with E-state index >= 15 is 0 Å². The molecular weight excluding hydrogens is 344 g/mol. The fourth-order valence-corrected chi connectivity index (χ4v) is 3.05. The zero-order valence-corrected chi connectivity index (χ0v) is 16.1. The van der Waals surface area contributed by atoms with Gasteiger partial charge in [-0.1, -0.05) is 0 Å². The highest BCUT2D eigenvalue weighted by atomic mass is 16.5. The minimum atomic E-state index is 0.0523. The SMILES string of the molecule is COc1ccc(OCc2cc(C(=O)N3CCN(C)CC3)ccc2OC)cc1. The number of hydrogen-bond acceptors (Lipinski definition) is 5. The Kier molecular flexibility index (Phi) is 6.19. The van der Waals surface area contributed by atoms with E-state index in [1.165, 1.54) is 0 Å². The highest BCUT2D eigenvalue weighted by Crippen LogP contribution is 2.24. The van der Waals surface area contributed by atoms with Crippen molar-refractivity contribution in [3.63, 3.8) is 0 Å². The number of carbonyl (C=O) groups is 1. The molecule has 27 heavy (non-hydrogen) atoms. The van der Waals surface area contributed by atoms with Crippen molar-refractivity contribution in [1.82, 2.24) is 9.80 Å². The second-order valence-corrected chi connectivity index (χ2v) is 6.59. The van der Waals surface area contributed by atoms with Crippen molar-refractivity contribution in [1.29, 1.82) is 0 Å². The topological polar surface area (TPSA) is 51.2 Å². The maximum Gasteiger partial charge on any atom is 0.253 e. The van der Waals surface area contributed by atoms with Gasteiger partial charge >= 0.3 is 0 Å². The first-order chi connectivity index (χ1) is 13.1. The Hall–Kier alpha value is -2.73. The molecule has 3 rings (SSSR count). The summed E-state index contributed by atoms with van der Waals surface area (Å²) in [7, 11) is 5.32. The van der Waals surface area contributed by atoms with E-state index in [-0.39, 0.29) is 5.91 Å². The summed E-state index contributed by atoms with van der Waals surface area (Å²) in [6.45, 7) is 3.61. The standard InChI is InChI=1S/C21H26N2O4/c1-22-10-12-23(13-11-22)21(24)16-4-9-20(26-3)17(14-16)15-27-19-7-5-18(25-2)6-8-19/h4-9,14H,10-13,15H2,1-3H3. The zero-order chi connectivity index (χ0) is 19.2.